The van der Waals surface area contributed by atoms with Gasteiger partial charge in [0, 0.05) is 12.6 Å². The molecule has 0 aromatic heterocycles. The Morgan fingerprint density at radius 1 is 0.976 bits per heavy atom. The molecule has 2 amide bonds. The molecule has 1 aliphatic carbocycles. The number of anilines is 1. The van der Waals surface area contributed by atoms with Crippen molar-refractivity contribution in [3.8, 4) is 5.75 Å². The van der Waals surface area contributed by atoms with E-state index in [0.29, 0.717) is 11.4 Å². The van der Waals surface area contributed by atoms with Crippen molar-refractivity contribution in [2.45, 2.75) is 70.0 Å². The molecule has 0 spiro atoms. The zero-order valence-electron chi connectivity index (χ0n) is 24.2. The maximum Gasteiger partial charge on any atom is 0.264 e. The lowest BCUT2D eigenvalue weighted by Crippen LogP contribution is -2.52. The number of hydrogen-bond donors (Lipinski definition) is 1. The Morgan fingerprint density at radius 3 is 2.24 bits per heavy atom. The first-order chi connectivity index (χ1) is 19.6. The molecule has 3 aromatic carbocycles. The van der Waals surface area contributed by atoms with Crippen LogP contribution in [-0.2, 0) is 26.2 Å². The van der Waals surface area contributed by atoms with Gasteiger partial charge >= 0.3 is 0 Å². The zero-order chi connectivity index (χ0) is 29.6. The minimum atomic E-state index is -4.10. The molecule has 1 N–H and O–H groups in total. The molecule has 1 atom stereocenters. The summed E-state index contributed by atoms with van der Waals surface area (Å²) >= 11 is 0. The summed E-state index contributed by atoms with van der Waals surface area (Å²) in [5, 5.41) is 3.09. The van der Waals surface area contributed by atoms with E-state index in [1.54, 1.807) is 50.4 Å². The van der Waals surface area contributed by atoms with Crippen LogP contribution < -0.4 is 14.4 Å². The second kappa shape index (κ2) is 13.2. The lowest BCUT2D eigenvalue weighted by molar-refractivity contribution is -0.139. The Labute approximate surface area is 243 Å². The van der Waals surface area contributed by atoms with E-state index in [-0.39, 0.29) is 23.4 Å². The van der Waals surface area contributed by atoms with E-state index in [1.165, 1.54) is 17.0 Å². The van der Waals surface area contributed by atoms with Gasteiger partial charge in [-0.25, -0.2) is 8.42 Å². The van der Waals surface area contributed by atoms with Crippen LogP contribution in [0.3, 0.4) is 0 Å². The van der Waals surface area contributed by atoms with Gasteiger partial charge in [0.25, 0.3) is 10.0 Å². The number of sulfonamides is 1. The van der Waals surface area contributed by atoms with Crippen LogP contribution in [-0.4, -0.2) is 50.9 Å². The number of nitrogens with one attached hydrogen (secondary N) is 1. The molecule has 1 fully saturated rings. The van der Waals surface area contributed by atoms with Crippen molar-refractivity contribution in [1.82, 2.24) is 10.2 Å². The van der Waals surface area contributed by atoms with E-state index in [1.807, 2.05) is 38.1 Å². The number of methoxy groups -OCH3 is 1. The number of aryl methyl sites for hydroxylation is 2. The second-order valence-electron chi connectivity index (χ2n) is 10.7. The predicted octanol–water partition coefficient (Wildman–Crippen LogP) is 4.98. The first kappa shape index (κ1) is 30.1. The number of hydrogen-bond acceptors (Lipinski definition) is 5. The van der Waals surface area contributed by atoms with Gasteiger partial charge in [0.05, 0.1) is 17.7 Å². The molecule has 41 heavy (non-hydrogen) atoms. The average molecular weight is 578 g/mol. The maximum absolute atomic E-state index is 14.1. The van der Waals surface area contributed by atoms with Crippen LogP contribution in [0.2, 0.25) is 0 Å². The van der Waals surface area contributed by atoms with Crippen LogP contribution >= 0.6 is 0 Å². The third-order valence-corrected chi connectivity index (χ3v) is 9.39. The molecule has 8 nitrogen and oxygen atoms in total. The minimum Gasteiger partial charge on any atom is -0.497 e. The van der Waals surface area contributed by atoms with E-state index in [9.17, 15) is 18.0 Å². The summed E-state index contributed by atoms with van der Waals surface area (Å²) in [4.78, 5) is 29.0. The van der Waals surface area contributed by atoms with Crippen molar-refractivity contribution in [2.75, 3.05) is 18.0 Å². The number of rotatable bonds is 11. The molecule has 218 valence electrons. The van der Waals surface area contributed by atoms with Gasteiger partial charge in [-0.1, -0.05) is 60.9 Å². The van der Waals surface area contributed by atoms with Crippen LogP contribution in [0.4, 0.5) is 5.69 Å². The highest BCUT2D eigenvalue weighted by atomic mass is 32.2. The Balaban J connectivity index is 1.69. The molecule has 0 saturated heterocycles. The molecule has 0 unspecified atom stereocenters. The number of carbonyl (C=O) groups is 2. The van der Waals surface area contributed by atoms with Crippen molar-refractivity contribution < 1.29 is 22.7 Å². The van der Waals surface area contributed by atoms with Crippen LogP contribution in [0.25, 0.3) is 0 Å². The van der Waals surface area contributed by atoms with Crippen LogP contribution in [0, 0.1) is 13.8 Å². The van der Waals surface area contributed by atoms with Gasteiger partial charge in [0.2, 0.25) is 11.8 Å². The van der Waals surface area contributed by atoms with Crippen molar-refractivity contribution >= 4 is 27.5 Å². The Morgan fingerprint density at radius 2 is 1.63 bits per heavy atom. The third-order valence-electron chi connectivity index (χ3n) is 7.61. The van der Waals surface area contributed by atoms with Crippen molar-refractivity contribution in [1.29, 1.82) is 0 Å². The predicted molar refractivity (Wildman–Crippen MR) is 160 cm³/mol. The minimum absolute atomic E-state index is 0.0847. The molecule has 0 radical (unpaired) electrons. The zero-order valence-corrected chi connectivity index (χ0v) is 25.0. The van der Waals surface area contributed by atoms with Crippen molar-refractivity contribution in [3.63, 3.8) is 0 Å². The van der Waals surface area contributed by atoms with Gasteiger partial charge < -0.3 is 15.0 Å². The van der Waals surface area contributed by atoms with Gasteiger partial charge in [0.15, 0.2) is 0 Å². The van der Waals surface area contributed by atoms with Crippen molar-refractivity contribution in [2.24, 2.45) is 0 Å². The smallest absolute Gasteiger partial charge is 0.264 e. The first-order valence-corrected chi connectivity index (χ1v) is 15.4. The van der Waals surface area contributed by atoms with Gasteiger partial charge in [0.1, 0.15) is 18.3 Å². The standard InChI is InChI=1S/C32H39N3O5S/c1-23-14-19-30(24(2)20-23)35(41(38,39)29-12-6-5-7-13-29)22-31(36)34(21-26-15-17-28(40-4)18-16-26)25(3)32(37)33-27-10-8-9-11-27/h5-7,12-20,25,27H,8-11,21-22H2,1-4H3,(H,33,37)/t25-/m1/s1. The van der Waals surface area contributed by atoms with Gasteiger partial charge in [-0.2, -0.15) is 0 Å². The number of benzene rings is 3. The van der Waals surface area contributed by atoms with E-state index in [0.717, 1.165) is 46.7 Å². The number of carbonyl (C=O) groups excluding carboxylic acids is 2. The maximum atomic E-state index is 14.1. The highest BCUT2D eigenvalue weighted by Crippen LogP contribution is 2.28. The average Bonchev–Trinajstić information content (AvgIpc) is 3.48. The molecule has 9 heteroatoms. The summed E-state index contributed by atoms with van der Waals surface area (Å²) in [7, 11) is -2.52. The van der Waals surface area contributed by atoms with E-state index in [2.05, 4.69) is 5.32 Å². The van der Waals surface area contributed by atoms with Gasteiger partial charge in [-0.15, -0.1) is 0 Å². The quantitative estimate of drug-likeness (QED) is 0.347. The number of amides is 2. The molecule has 0 heterocycles. The summed E-state index contributed by atoms with van der Waals surface area (Å²) in [6.45, 7) is 5.12. The topological polar surface area (TPSA) is 96.0 Å². The van der Waals surface area contributed by atoms with Gasteiger partial charge in [-0.05, 0) is 75.1 Å². The lowest BCUT2D eigenvalue weighted by atomic mass is 10.1. The normalized spacial score (nSPS) is 14.3. The highest BCUT2D eigenvalue weighted by Gasteiger charge is 2.33. The monoisotopic (exact) mass is 577 g/mol. The van der Waals surface area contributed by atoms with Gasteiger partial charge in [-0.3, -0.25) is 13.9 Å². The summed E-state index contributed by atoms with van der Waals surface area (Å²) in [5.74, 6) is -0.0502. The summed E-state index contributed by atoms with van der Waals surface area (Å²) in [6, 6.07) is 20.1. The fraction of sp³-hybridized carbons (Fsp3) is 0.375. The van der Waals surface area contributed by atoms with Crippen LogP contribution in [0.15, 0.2) is 77.7 Å². The largest absolute Gasteiger partial charge is 0.497 e. The molecule has 4 rings (SSSR count). The molecule has 0 bridgehead atoms. The molecular weight excluding hydrogens is 538 g/mol. The fourth-order valence-electron chi connectivity index (χ4n) is 5.22. The van der Waals surface area contributed by atoms with E-state index < -0.39 is 28.5 Å². The molecule has 0 aliphatic heterocycles. The first-order valence-electron chi connectivity index (χ1n) is 14.0. The van der Waals surface area contributed by atoms with Crippen LogP contribution in [0.5, 0.6) is 5.75 Å². The molecular formula is C32H39N3O5S. The number of ether oxygens (including phenoxy) is 1. The third kappa shape index (κ3) is 7.27. The Hall–Kier alpha value is -3.85. The second-order valence-corrected chi connectivity index (χ2v) is 12.5. The van der Waals surface area contributed by atoms with E-state index in [4.69, 9.17) is 4.74 Å². The Kier molecular flexibility index (Phi) is 9.70. The molecule has 1 saturated carbocycles. The Bertz CT molecular complexity index is 1450. The van der Waals surface area contributed by atoms with E-state index >= 15 is 0 Å². The highest BCUT2D eigenvalue weighted by molar-refractivity contribution is 7.92. The lowest BCUT2D eigenvalue weighted by Gasteiger charge is -2.33. The summed E-state index contributed by atoms with van der Waals surface area (Å²) in [6.07, 6.45) is 3.97. The fourth-order valence-corrected chi connectivity index (χ4v) is 6.72. The number of nitrogens with zero attached hydrogens (tertiary/aromatic N) is 2. The van der Waals surface area contributed by atoms with Crippen molar-refractivity contribution in [3.05, 3.63) is 89.5 Å². The summed E-state index contributed by atoms with van der Waals surface area (Å²) < 4.78 is 34.3. The molecule has 1 aliphatic rings. The summed E-state index contributed by atoms with van der Waals surface area (Å²) in [5.41, 5.74) is 2.92. The molecule has 3 aromatic rings. The SMILES string of the molecule is COc1ccc(CN(C(=O)CN(c2ccc(C)cc2C)S(=O)(=O)c2ccccc2)[C@H](C)C(=O)NC2CCCC2)cc1. The van der Waals surface area contributed by atoms with Crippen LogP contribution in [0.1, 0.15) is 49.3 Å².